The predicted molar refractivity (Wildman–Crippen MR) is 114 cm³/mol. The molecule has 2 aromatic heterocycles. The molecule has 3 aromatic rings. The van der Waals surface area contributed by atoms with Crippen molar-refractivity contribution in [3.63, 3.8) is 0 Å². The first-order valence-corrected chi connectivity index (χ1v) is 10.5. The van der Waals surface area contributed by atoms with Crippen LogP contribution in [0, 0.1) is 0 Å². The number of anilines is 1. The van der Waals surface area contributed by atoms with Gasteiger partial charge in [-0.2, -0.15) is 0 Å². The summed E-state index contributed by atoms with van der Waals surface area (Å²) in [5.41, 5.74) is 1.48. The van der Waals surface area contributed by atoms with Crippen molar-refractivity contribution in [2.24, 2.45) is 0 Å². The topological polar surface area (TPSA) is 91.8 Å². The maximum atomic E-state index is 13.5. The number of methoxy groups -OCH3 is 3. The van der Waals surface area contributed by atoms with E-state index in [4.69, 9.17) is 18.9 Å². The molecule has 0 amide bonds. The van der Waals surface area contributed by atoms with Gasteiger partial charge in [-0.05, 0) is 36.4 Å². The Bertz CT molecular complexity index is 1040. The van der Waals surface area contributed by atoms with Gasteiger partial charge in [0.05, 0.1) is 31.5 Å². The highest BCUT2D eigenvalue weighted by Gasteiger charge is 2.23. The summed E-state index contributed by atoms with van der Waals surface area (Å²) in [4.78, 5) is 22.6. The molecule has 8 nitrogen and oxygen atoms in total. The van der Waals surface area contributed by atoms with E-state index in [0.717, 1.165) is 23.1 Å². The first-order chi connectivity index (χ1) is 14.6. The van der Waals surface area contributed by atoms with E-state index in [2.05, 4.69) is 15.3 Å². The third-order valence-corrected chi connectivity index (χ3v) is 5.91. The van der Waals surface area contributed by atoms with Gasteiger partial charge in [0.1, 0.15) is 5.69 Å². The molecule has 3 heterocycles. The highest BCUT2D eigenvalue weighted by atomic mass is 32.1. The van der Waals surface area contributed by atoms with E-state index < -0.39 is 0 Å². The van der Waals surface area contributed by atoms with Crippen LogP contribution in [0.15, 0.2) is 23.6 Å². The van der Waals surface area contributed by atoms with Crippen molar-refractivity contribution in [1.29, 1.82) is 0 Å². The maximum Gasteiger partial charge on any atom is 0.224 e. The van der Waals surface area contributed by atoms with Crippen LogP contribution < -0.4 is 19.5 Å². The number of benzene rings is 1. The van der Waals surface area contributed by atoms with Crippen molar-refractivity contribution in [2.75, 3.05) is 39.9 Å². The number of hydrogen-bond donors (Lipinski definition) is 1. The number of carbonyl (C=O) groups excluding carboxylic acids is 1. The number of ether oxygens (including phenoxy) is 4. The molecule has 0 aliphatic carbocycles. The molecule has 0 spiro atoms. The fourth-order valence-electron chi connectivity index (χ4n) is 3.46. The van der Waals surface area contributed by atoms with E-state index in [9.17, 15) is 4.79 Å². The van der Waals surface area contributed by atoms with Gasteiger partial charge >= 0.3 is 0 Å². The number of fused-ring (bicyclic) bond motifs is 1. The van der Waals surface area contributed by atoms with E-state index in [-0.39, 0.29) is 11.8 Å². The van der Waals surface area contributed by atoms with Gasteiger partial charge in [0, 0.05) is 24.8 Å². The van der Waals surface area contributed by atoms with Gasteiger partial charge in [0.15, 0.2) is 11.5 Å². The molecule has 1 aliphatic rings. The van der Waals surface area contributed by atoms with E-state index in [1.54, 1.807) is 12.1 Å². The summed E-state index contributed by atoms with van der Waals surface area (Å²) in [5.74, 6) is 1.47. The minimum Gasteiger partial charge on any atom is -0.493 e. The first kappa shape index (κ1) is 20.4. The minimum absolute atomic E-state index is 0.221. The zero-order valence-corrected chi connectivity index (χ0v) is 17.9. The van der Waals surface area contributed by atoms with Crippen LogP contribution in [0.25, 0.3) is 10.2 Å². The van der Waals surface area contributed by atoms with Crippen LogP contribution >= 0.6 is 11.3 Å². The smallest absolute Gasteiger partial charge is 0.224 e. The predicted octanol–water partition coefficient (Wildman–Crippen LogP) is 3.54. The highest BCUT2D eigenvalue weighted by Crippen LogP contribution is 2.39. The van der Waals surface area contributed by atoms with E-state index >= 15 is 0 Å². The van der Waals surface area contributed by atoms with Gasteiger partial charge in [0.2, 0.25) is 17.5 Å². The molecular weight excluding hydrogens is 406 g/mol. The maximum absolute atomic E-state index is 13.5. The first-order valence-electron chi connectivity index (χ1n) is 9.58. The summed E-state index contributed by atoms with van der Waals surface area (Å²) in [7, 11) is 4.56. The van der Waals surface area contributed by atoms with Crippen molar-refractivity contribution in [1.82, 2.24) is 9.97 Å². The molecule has 1 N–H and O–H groups in total. The Balaban J connectivity index is 1.75. The van der Waals surface area contributed by atoms with Gasteiger partial charge in [-0.25, -0.2) is 9.97 Å². The number of rotatable bonds is 7. The Labute approximate surface area is 178 Å². The normalized spacial score (nSPS) is 14.5. The Kier molecular flexibility index (Phi) is 6.01. The standard InChI is InChI=1S/C21H23N3O5S/c1-26-15-10-12(11-16(27-2)19(15)28-3)18(25)17-20-14(6-9-30-20)23-21(24-17)22-13-4-7-29-8-5-13/h6,9-11,13H,4-5,7-8H2,1-3H3,(H,22,23,24). The second-order valence-corrected chi connectivity index (χ2v) is 7.72. The molecule has 158 valence electrons. The molecule has 0 radical (unpaired) electrons. The molecule has 1 aromatic carbocycles. The van der Waals surface area contributed by atoms with Crippen molar-refractivity contribution in [3.8, 4) is 17.2 Å². The van der Waals surface area contributed by atoms with E-state index in [1.165, 1.54) is 32.7 Å². The molecule has 1 saturated heterocycles. The minimum atomic E-state index is -0.237. The Morgan fingerprint density at radius 1 is 1.10 bits per heavy atom. The molecule has 9 heteroatoms. The number of nitrogens with one attached hydrogen (secondary N) is 1. The number of carbonyl (C=O) groups is 1. The van der Waals surface area contributed by atoms with Crippen LogP contribution in [0.1, 0.15) is 28.9 Å². The third kappa shape index (κ3) is 3.90. The van der Waals surface area contributed by atoms with Crippen LogP contribution in [0.2, 0.25) is 0 Å². The summed E-state index contributed by atoms with van der Waals surface area (Å²) in [5, 5.41) is 5.26. The summed E-state index contributed by atoms with van der Waals surface area (Å²) < 4.78 is 22.3. The summed E-state index contributed by atoms with van der Waals surface area (Å²) >= 11 is 1.44. The van der Waals surface area contributed by atoms with Gasteiger partial charge in [0.25, 0.3) is 0 Å². The van der Waals surface area contributed by atoms with Crippen LogP contribution in [-0.2, 0) is 4.74 Å². The van der Waals surface area contributed by atoms with Gasteiger partial charge in [-0.1, -0.05) is 0 Å². The van der Waals surface area contributed by atoms with Crippen molar-refractivity contribution >= 4 is 33.3 Å². The van der Waals surface area contributed by atoms with Gasteiger partial charge < -0.3 is 24.3 Å². The van der Waals surface area contributed by atoms with Crippen LogP contribution in [0.4, 0.5) is 5.95 Å². The molecule has 0 saturated carbocycles. The summed E-state index contributed by atoms with van der Waals surface area (Å²) in [6, 6.07) is 5.38. The average molecular weight is 429 g/mol. The number of aromatic nitrogens is 2. The molecule has 0 bridgehead atoms. The molecule has 30 heavy (non-hydrogen) atoms. The number of thiophene rings is 1. The third-order valence-electron chi connectivity index (χ3n) is 5.00. The second-order valence-electron chi connectivity index (χ2n) is 6.80. The lowest BCUT2D eigenvalue weighted by Crippen LogP contribution is -2.29. The van der Waals surface area contributed by atoms with Crippen LogP contribution in [-0.4, -0.2) is 56.3 Å². The molecule has 4 rings (SSSR count). The molecule has 0 unspecified atom stereocenters. The van der Waals surface area contributed by atoms with Gasteiger partial charge in [-0.3, -0.25) is 4.79 Å². The lowest BCUT2D eigenvalue weighted by Gasteiger charge is -2.23. The van der Waals surface area contributed by atoms with Crippen molar-refractivity contribution < 1.29 is 23.7 Å². The second kappa shape index (κ2) is 8.85. The Morgan fingerprint density at radius 2 is 1.80 bits per heavy atom. The summed E-state index contributed by atoms with van der Waals surface area (Å²) in [6.45, 7) is 1.41. The lowest BCUT2D eigenvalue weighted by molar-refractivity contribution is 0.0902. The largest absolute Gasteiger partial charge is 0.493 e. The highest BCUT2D eigenvalue weighted by molar-refractivity contribution is 7.17. The fourth-order valence-corrected chi connectivity index (χ4v) is 4.27. The number of ketones is 1. The Morgan fingerprint density at radius 3 is 2.43 bits per heavy atom. The Hall–Kier alpha value is -2.91. The quantitative estimate of drug-likeness (QED) is 0.570. The fraction of sp³-hybridized carbons (Fsp3) is 0.381. The molecular formula is C21H23N3O5S. The number of nitrogens with zero attached hydrogens (tertiary/aromatic N) is 2. The number of hydrogen-bond acceptors (Lipinski definition) is 9. The molecule has 0 atom stereocenters. The van der Waals surface area contributed by atoms with Crippen LogP contribution in [0.3, 0.4) is 0 Å². The molecule has 1 aliphatic heterocycles. The van der Waals surface area contributed by atoms with Crippen molar-refractivity contribution in [2.45, 2.75) is 18.9 Å². The molecule has 1 fully saturated rings. The zero-order valence-electron chi connectivity index (χ0n) is 17.1. The van der Waals surface area contributed by atoms with E-state index in [0.29, 0.717) is 47.7 Å². The van der Waals surface area contributed by atoms with E-state index in [1.807, 2.05) is 11.4 Å². The monoisotopic (exact) mass is 429 g/mol. The lowest BCUT2D eigenvalue weighted by atomic mass is 10.1. The SMILES string of the molecule is COc1cc(C(=O)c2nc(NC3CCOCC3)nc3ccsc23)cc(OC)c1OC. The van der Waals surface area contributed by atoms with Gasteiger partial charge in [-0.15, -0.1) is 11.3 Å². The van der Waals surface area contributed by atoms with Crippen molar-refractivity contribution in [3.05, 3.63) is 34.8 Å². The van der Waals surface area contributed by atoms with Crippen LogP contribution in [0.5, 0.6) is 17.2 Å². The zero-order chi connectivity index (χ0) is 21.1. The average Bonchev–Trinajstić information content (AvgIpc) is 3.26. The summed E-state index contributed by atoms with van der Waals surface area (Å²) in [6.07, 6.45) is 1.75.